The minimum absolute atomic E-state index is 0.0393. The fourth-order valence-corrected chi connectivity index (χ4v) is 3.25. The average Bonchev–Trinajstić information content (AvgIpc) is 3.03. The number of hydrogen-bond donors (Lipinski definition) is 1. The minimum Gasteiger partial charge on any atom is -0.341 e. The zero-order valence-corrected chi connectivity index (χ0v) is 14.5. The van der Waals surface area contributed by atoms with E-state index in [9.17, 15) is 4.79 Å². The van der Waals surface area contributed by atoms with Gasteiger partial charge in [0.15, 0.2) is 0 Å². The maximum Gasteiger partial charge on any atom is 0.239 e. The zero-order valence-electron chi connectivity index (χ0n) is 13.7. The summed E-state index contributed by atoms with van der Waals surface area (Å²) >= 11 is 6.02. The second kappa shape index (κ2) is 7.32. The molecule has 1 aliphatic rings. The van der Waals surface area contributed by atoms with Gasteiger partial charge in [-0.2, -0.15) is 0 Å². The van der Waals surface area contributed by atoms with Gasteiger partial charge in [-0.3, -0.25) is 9.48 Å². The van der Waals surface area contributed by atoms with Crippen LogP contribution in [0.2, 0.25) is 5.02 Å². The van der Waals surface area contributed by atoms with Crippen LogP contribution in [0.3, 0.4) is 0 Å². The molecule has 7 heteroatoms. The second-order valence-corrected chi connectivity index (χ2v) is 6.83. The second-order valence-electron chi connectivity index (χ2n) is 6.39. The average molecular weight is 348 g/mol. The van der Waals surface area contributed by atoms with Crippen molar-refractivity contribution in [3.63, 3.8) is 0 Å². The van der Waals surface area contributed by atoms with Gasteiger partial charge < -0.3 is 10.6 Å². The van der Waals surface area contributed by atoms with Crippen molar-refractivity contribution >= 4 is 17.5 Å². The molecule has 0 aliphatic carbocycles. The lowest BCUT2D eigenvalue weighted by Crippen LogP contribution is -2.46. The lowest BCUT2D eigenvalue weighted by molar-refractivity contribution is -0.133. The van der Waals surface area contributed by atoms with Gasteiger partial charge in [-0.25, -0.2) is 0 Å². The summed E-state index contributed by atoms with van der Waals surface area (Å²) in [5, 5.41) is 9.14. The van der Waals surface area contributed by atoms with Crippen LogP contribution in [0, 0.1) is 5.92 Å². The Balaban J connectivity index is 1.57. The molecule has 1 aromatic carbocycles. The highest BCUT2D eigenvalue weighted by molar-refractivity contribution is 6.30. The lowest BCUT2D eigenvalue weighted by Gasteiger charge is -2.32. The quantitative estimate of drug-likeness (QED) is 0.919. The van der Waals surface area contributed by atoms with E-state index in [0.29, 0.717) is 10.9 Å². The molecular formula is C17H22ClN5O. The van der Waals surface area contributed by atoms with Gasteiger partial charge in [0, 0.05) is 30.2 Å². The van der Waals surface area contributed by atoms with Gasteiger partial charge in [-0.15, -0.1) is 5.10 Å². The van der Waals surface area contributed by atoms with E-state index in [1.54, 1.807) is 6.92 Å². The Morgan fingerprint density at radius 2 is 2.17 bits per heavy atom. The van der Waals surface area contributed by atoms with Crippen molar-refractivity contribution in [2.24, 2.45) is 11.7 Å². The molecule has 2 aromatic rings. The summed E-state index contributed by atoms with van der Waals surface area (Å²) in [6.07, 6.45) is 3.88. The highest BCUT2D eigenvalue weighted by Gasteiger charge is 2.24. The summed E-state index contributed by atoms with van der Waals surface area (Å²) in [6.45, 7) is 4.08. The predicted octanol–water partition coefficient (Wildman–Crippen LogP) is 2.18. The molecule has 24 heavy (non-hydrogen) atoms. The fourth-order valence-electron chi connectivity index (χ4n) is 3.06. The highest BCUT2D eigenvalue weighted by atomic mass is 35.5. The normalized spacial score (nSPS) is 17.0. The summed E-state index contributed by atoms with van der Waals surface area (Å²) < 4.78 is 1.88. The van der Waals surface area contributed by atoms with Crippen molar-refractivity contribution in [1.29, 1.82) is 0 Å². The number of nitrogens with zero attached hydrogens (tertiary/aromatic N) is 4. The van der Waals surface area contributed by atoms with Crippen LogP contribution >= 0.6 is 11.6 Å². The Labute approximate surface area is 146 Å². The summed E-state index contributed by atoms with van der Waals surface area (Å²) in [5.41, 5.74) is 7.46. The number of piperidine rings is 1. The standard InChI is InChI=1S/C17H22ClN5O/c1-12(19)17(24)22-7-5-13(6-8-22)10-23-11-16(20-21-23)14-3-2-4-15(18)9-14/h2-4,9,11-13H,5-8,10,19H2,1H3/t12-/m0/s1. The molecule has 1 aromatic heterocycles. The van der Waals surface area contributed by atoms with E-state index in [-0.39, 0.29) is 5.91 Å². The first-order valence-corrected chi connectivity index (χ1v) is 8.61. The topological polar surface area (TPSA) is 77.0 Å². The summed E-state index contributed by atoms with van der Waals surface area (Å²) in [4.78, 5) is 13.8. The maximum absolute atomic E-state index is 11.9. The van der Waals surface area contributed by atoms with Gasteiger partial charge >= 0.3 is 0 Å². The van der Waals surface area contributed by atoms with Crippen LogP contribution in [-0.2, 0) is 11.3 Å². The number of benzene rings is 1. The van der Waals surface area contributed by atoms with Crippen molar-refractivity contribution in [1.82, 2.24) is 19.9 Å². The molecule has 1 aliphatic heterocycles. The van der Waals surface area contributed by atoms with Gasteiger partial charge in [0.2, 0.25) is 5.91 Å². The smallest absolute Gasteiger partial charge is 0.239 e. The molecule has 2 N–H and O–H groups in total. The Morgan fingerprint density at radius 1 is 1.42 bits per heavy atom. The van der Waals surface area contributed by atoms with Crippen LogP contribution in [-0.4, -0.2) is 44.9 Å². The van der Waals surface area contributed by atoms with Gasteiger partial charge in [-0.05, 0) is 37.8 Å². The number of rotatable bonds is 4. The fraction of sp³-hybridized carbons (Fsp3) is 0.471. The number of aromatic nitrogens is 3. The molecule has 3 rings (SSSR count). The van der Waals surface area contributed by atoms with Crippen LogP contribution < -0.4 is 5.73 Å². The third-order valence-corrected chi connectivity index (χ3v) is 4.66. The number of nitrogens with two attached hydrogens (primary N) is 1. The molecule has 2 heterocycles. The number of carbonyl (C=O) groups excluding carboxylic acids is 1. The van der Waals surface area contributed by atoms with E-state index in [1.807, 2.05) is 40.0 Å². The molecule has 1 saturated heterocycles. The minimum atomic E-state index is -0.419. The maximum atomic E-state index is 11.9. The van der Waals surface area contributed by atoms with Gasteiger partial charge in [0.1, 0.15) is 5.69 Å². The third-order valence-electron chi connectivity index (χ3n) is 4.42. The monoisotopic (exact) mass is 347 g/mol. The Morgan fingerprint density at radius 3 is 2.83 bits per heavy atom. The first-order valence-electron chi connectivity index (χ1n) is 8.23. The molecule has 1 amide bonds. The number of hydrogen-bond acceptors (Lipinski definition) is 4. The summed E-state index contributed by atoms with van der Waals surface area (Å²) in [5.74, 6) is 0.536. The van der Waals surface area contributed by atoms with Crippen LogP contribution in [0.25, 0.3) is 11.3 Å². The van der Waals surface area contributed by atoms with E-state index in [0.717, 1.165) is 43.7 Å². The van der Waals surface area contributed by atoms with Crippen molar-refractivity contribution in [2.45, 2.75) is 32.4 Å². The molecular weight excluding hydrogens is 326 g/mol. The lowest BCUT2D eigenvalue weighted by atomic mass is 9.96. The van der Waals surface area contributed by atoms with Gasteiger partial charge in [0.25, 0.3) is 0 Å². The molecule has 6 nitrogen and oxygen atoms in total. The predicted molar refractivity (Wildman–Crippen MR) is 93.4 cm³/mol. The van der Waals surface area contributed by atoms with Crippen molar-refractivity contribution in [3.05, 3.63) is 35.5 Å². The summed E-state index contributed by atoms with van der Waals surface area (Å²) in [6, 6.07) is 7.18. The molecule has 0 radical (unpaired) electrons. The molecule has 1 atom stereocenters. The van der Waals surface area contributed by atoms with Gasteiger partial charge in [0.05, 0.1) is 12.2 Å². The van der Waals surface area contributed by atoms with Crippen LogP contribution in [0.1, 0.15) is 19.8 Å². The van der Waals surface area contributed by atoms with Crippen molar-refractivity contribution in [3.8, 4) is 11.3 Å². The first-order chi connectivity index (χ1) is 11.5. The number of amides is 1. The van der Waals surface area contributed by atoms with Crippen LogP contribution in [0.15, 0.2) is 30.5 Å². The van der Waals surface area contributed by atoms with Crippen LogP contribution in [0.5, 0.6) is 0 Å². The van der Waals surface area contributed by atoms with Gasteiger partial charge in [-0.1, -0.05) is 28.9 Å². The Bertz CT molecular complexity index is 707. The molecule has 0 spiro atoms. The van der Waals surface area contributed by atoms with E-state index in [2.05, 4.69) is 10.3 Å². The number of halogens is 1. The first kappa shape index (κ1) is 16.9. The third kappa shape index (κ3) is 3.94. The van der Waals surface area contributed by atoms with E-state index in [4.69, 9.17) is 17.3 Å². The molecule has 0 bridgehead atoms. The molecule has 1 fully saturated rings. The zero-order chi connectivity index (χ0) is 17.1. The van der Waals surface area contributed by atoms with Crippen molar-refractivity contribution in [2.75, 3.05) is 13.1 Å². The van der Waals surface area contributed by atoms with E-state index in [1.165, 1.54) is 0 Å². The van der Waals surface area contributed by atoms with E-state index >= 15 is 0 Å². The largest absolute Gasteiger partial charge is 0.341 e. The Kier molecular flexibility index (Phi) is 5.16. The highest BCUT2D eigenvalue weighted by Crippen LogP contribution is 2.22. The van der Waals surface area contributed by atoms with Crippen LogP contribution in [0.4, 0.5) is 0 Å². The molecule has 0 saturated carbocycles. The number of likely N-dealkylation sites (tertiary alicyclic amines) is 1. The summed E-state index contributed by atoms with van der Waals surface area (Å²) in [7, 11) is 0. The number of carbonyl (C=O) groups is 1. The van der Waals surface area contributed by atoms with Crippen molar-refractivity contribution < 1.29 is 4.79 Å². The molecule has 0 unspecified atom stereocenters. The Hall–Kier alpha value is -1.92. The SMILES string of the molecule is C[C@H](N)C(=O)N1CCC(Cn2cc(-c3cccc(Cl)c3)nn2)CC1. The van der Waals surface area contributed by atoms with E-state index < -0.39 is 6.04 Å². The molecule has 128 valence electrons.